The van der Waals surface area contributed by atoms with E-state index in [2.05, 4.69) is 22.9 Å². The molecule has 0 bridgehead atoms. The van der Waals surface area contributed by atoms with Crippen LogP contribution in [0.4, 0.5) is 0 Å². The molecule has 1 unspecified atom stereocenters. The molecule has 0 aliphatic heterocycles. The Morgan fingerprint density at radius 1 is 0.868 bits per heavy atom. The van der Waals surface area contributed by atoms with Crippen LogP contribution in [0, 0.1) is 0 Å². The number of imidazole rings is 1. The van der Waals surface area contributed by atoms with Gasteiger partial charge in [0, 0.05) is 12.1 Å². The molecule has 7 heteroatoms. The Bertz CT molecular complexity index is 1130. The first-order chi connectivity index (χ1) is 18.5. The molecule has 0 spiro atoms. The fourth-order valence-corrected chi connectivity index (χ4v) is 4.97. The summed E-state index contributed by atoms with van der Waals surface area (Å²) < 4.78 is 18.5. The van der Waals surface area contributed by atoms with Gasteiger partial charge in [-0.2, -0.15) is 0 Å². The number of methoxy groups -OCH3 is 3. The Balaban J connectivity index is 1.65. The molecule has 3 aromatic rings. The number of hydrogen-bond donors (Lipinski definition) is 1. The third-order valence-corrected chi connectivity index (χ3v) is 7.08. The standard InChI is InChI=1S/C31H45N3O4/c1-6-7-8-9-10-11-12-13-14-17-20-34-26-19-16-15-18-25(26)33-30(34)23(2)32-31(35)24-21-27(36-3)29(38-5)28(22-24)37-4/h15-16,18-19,21-23H,6-14,17,20H2,1-5H3,(H,32,35). The third-order valence-electron chi connectivity index (χ3n) is 7.08. The van der Waals surface area contributed by atoms with Crippen LogP contribution < -0.4 is 19.5 Å². The average molecular weight is 524 g/mol. The van der Waals surface area contributed by atoms with E-state index < -0.39 is 0 Å². The van der Waals surface area contributed by atoms with Crippen LogP contribution in [-0.4, -0.2) is 36.8 Å². The average Bonchev–Trinajstić information content (AvgIpc) is 3.31. The van der Waals surface area contributed by atoms with E-state index >= 15 is 0 Å². The summed E-state index contributed by atoms with van der Waals surface area (Å²) in [6, 6.07) is 11.2. The van der Waals surface area contributed by atoms with Crippen LogP contribution in [0.15, 0.2) is 36.4 Å². The third kappa shape index (κ3) is 7.65. The number of para-hydroxylation sites is 2. The topological polar surface area (TPSA) is 74.6 Å². The van der Waals surface area contributed by atoms with Crippen molar-refractivity contribution in [3.63, 3.8) is 0 Å². The van der Waals surface area contributed by atoms with Gasteiger partial charge in [-0.25, -0.2) is 4.98 Å². The van der Waals surface area contributed by atoms with Gasteiger partial charge in [-0.3, -0.25) is 4.79 Å². The number of amides is 1. The van der Waals surface area contributed by atoms with Gasteiger partial charge in [0.1, 0.15) is 5.82 Å². The molecule has 1 aromatic heterocycles. The maximum Gasteiger partial charge on any atom is 0.252 e. The smallest absolute Gasteiger partial charge is 0.252 e. The second-order valence-corrected chi connectivity index (χ2v) is 9.90. The van der Waals surface area contributed by atoms with Crippen LogP contribution in [0.2, 0.25) is 0 Å². The maximum atomic E-state index is 13.2. The molecule has 0 saturated heterocycles. The Labute approximate surface area is 227 Å². The molecule has 38 heavy (non-hydrogen) atoms. The fraction of sp³-hybridized carbons (Fsp3) is 0.548. The highest BCUT2D eigenvalue weighted by Gasteiger charge is 2.21. The zero-order valence-corrected chi connectivity index (χ0v) is 23.8. The number of nitrogens with zero attached hydrogens (tertiary/aromatic N) is 2. The molecule has 208 valence electrons. The Hall–Kier alpha value is -3.22. The molecule has 2 aromatic carbocycles. The van der Waals surface area contributed by atoms with Crippen molar-refractivity contribution in [1.82, 2.24) is 14.9 Å². The first-order valence-electron chi connectivity index (χ1n) is 14.1. The van der Waals surface area contributed by atoms with Gasteiger partial charge in [-0.05, 0) is 37.6 Å². The molecule has 1 N–H and O–H groups in total. The summed E-state index contributed by atoms with van der Waals surface area (Å²) >= 11 is 0. The minimum absolute atomic E-state index is 0.228. The highest BCUT2D eigenvalue weighted by atomic mass is 16.5. The SMILES string of the molecule is CCCCCCCCCCCCn1c(C(C)NC(=O)c2cc(OC)c(OC)c(OC)c2)nc2ccccc21. The highest BCUT2D eigenvalue weighted by molar-refractivity contribution is 5.96. The molecule has 7 nitrogen and oxygen atoms in total. The van der Waals surface area contributed by atoms with Crippen LogP contribution in [-0.2, 0) is 6.54 Å². The van der Waals surface area contributed by atoms with Crippen molar-refractivity contribution in [2.45, 2.75) is 90.6 Å². The number of fused-ring (bicyclic) bond motifs is 1. The van der Waals surface area contributed by atoms with Crippen LogP contribution in [0.3, 0.4) is 0 Å². The van der Waals surface area contributed by atoms with E-state index in [1.54, 1.807) is 19.2 Å². The van der Waals surface area contributed by atoms with E-state index in [0.717, 1.165) is 29.8 Å². The summed E-state index contributed by atoms with van der Waals surface area (Å²) in [6.45, 7) is 5.13. The monoisotopic (exact) mass is 523 g/mol. The van der Waals surface area contributed by atoms with Gasteiger partial charge in [0.05, 0.1) is 38.4 Å². The molecule has 0 fully saturated rings. The van der Waals surface area contributed by atoms with Gasteiger partial charge in [-0.1, -0.05) is 76.8 Å². The quantitative estimate of drug-likeness (QED) is 0.186. The first-order valence-corrected chi connectivity index (χ1v) is 14.1. The molecule has 0 aliphatic rings. The number of nitrogens with one attached hydrogen (secondary N) is 1. The van der Waals surface area contributed by atoms with Gasteiger partial charge in [0.25, 0.3) is 5.91 Å². The normalized spacial score (nSPS) is 11.9. The predicted octanol–water partition coefficient (Wildman–Crippen LogP) is 7.47. The second-order valence-electron chi connectivity index (χ2n) is 9.90. The molecule has 0 aliphatic carbocycles. The van der Waals surface area contributed by atoms with Gasteiger partial charge >= 0.3 is 0 Å². The number of rotatable bonds is 17. The van der Waals surface area contributed by atoms with Crippen LogP contribution in [0.5, 0.6) is 17.2 Å². The molecule has 0 radical (unpaired) electrons. The van der Waals surface area contributed by atoms with Crippen molar-refractivity contribution in [2.75, 3.05) is 21.3 Å². The van der Waals surface area contributed by atoms with Gasteiger partial charge in [0.2, 0.25) is 5.75 Å². The lowest BCUT2D eigenvalue weighted by molar-refractivity contribution is 0.0936. The van der Waals surface area contributed by atoms with Crippen LogP contribution in [0.1, 0.15) is 100 Å². The Kier molecular flexibility index (Phi) is 11.8. The van der Waals surface area contributed by atoms with Gasteiger partial charge < -0.3 is 24.1 Å². The van der Waals surface area contributed by atoms with E-state index in [1.165, 1.54) is 72.0 Å². The first kappa shape index (κ1) is 29.3. The lowest BCUT2D eigenvalue weighted by Gasteiger charge is -2.18. The number of unbranched alkanes of at least 4 members (excludes halogenated alkanes) is 9. The summed E-state index contributed by atoms with van der Waals surface area (Å²) in [7, 11) is 4.62. The zero-order chi connectivity index (χ0) is 27.3. The summed E-state index contributed by atoms with van der Waals surface area (Å²) in [4.78, 5) is 18.1. The van der Waals surface area contributed by atoms with Crippen LogP contribution >= 0.6 is 0 Å². The lowest BCUT2D eigenvalue weighted by Crippen LogP contribution is -2.29. The van der Waals surface area contributed by atoms with Crippen LogP contribution in [0.25, 0.3) is 11.0 Å². The Morgan fingerprint density at radius 2 is 1.45 bits per heavy atom. The predicted molar refractivity (Wildman–Crippen MR) is 154 cm³/mol. The Morgan fingerprint density at radius 3 is 2.03 bits per heavy atom. The van der Waals surface area contributed by atoms with Gasteiger partial charge in [-0.15, -0.1) is 0 Å². The number of ether oxygens (including phenoxy) is 3. The second kappa shape index (κ2) is 15.3. The van der Waals surface area contributed by atoms with Crippen molar-refractivity contribution in [1.29, 1.82) is 0 Å². The molecule has 1 amide bonds. The highest BCUT2D eigenvalue weighted by Crippen LogP contribution is 2.38. The molecule has 1 heterocycles. The van der Waals surface area contributed by atoms with E-state index in [0.29, 0.717) is 22.8 Å². The summed E-state index contributed by atoms with van der Waals surface area (Å²) in [5, 5.41) is 3.12. The fourth-order valence-electron chi connectivity index (χ4n) is 4.97. The lowest BCUT2D eigenvalue weighted by atomic mass is 10.1. The van der Waals surface area contributed by atoms with Crippen molar-refractivity contribution < 1.29 is 19.0 Å². The minimum Gasteiger partial charge on any atom is -0.493 e. The number of benzene rings is 2. The van der Waals surface area contributed by atoms with Gasteiger partial charge in [0.15, 0.2) is 11.5 Å². The number of hydrogen-bond acceptors (Lipinski definition) is 5. The van der Waals surface area contributed by atoms with Crippen molar-refractivity contribution in [2.24, 2.45) is 0 Å². The summed E-state index contributed by atoms with van der Waals surface area (Å²) in [5.74, 6) is 1.98. The van der Waals surface area contributed by atoms with E-state index in [-0.39, 0.29) is 11.9 Å². The molecule has 3 rings (SSSR count). The molecule has 0 saturated carbocycles. The molecular weight excluding hydrogens is 478 g/mol. The summed E-state index contributed by atoms with van der Waals surface area (Å²) in [5.41, 5.74) is 2.49. The largest absolute Gasteiger partial charge is 0.493 e. The number of carbonyl (C=O) groups excluding carboxylic acids is 1. The number of carbonyl (C=O) groups is 1. The van der Waals surface area contributed by atoms with E-state index in [1.807, 2.05) is 25.1 Å². The maximum absolute atomic E-state index is 13.2. The van der Waals surface area contributed by atoms with Crippen molar-refractivity contribution in [3.8, 4) is 17.2 Å². The number of aryl methyl sites for hydroxylation is 1. The van der Waals surface area contributed by atoms with E-state index in [4.69, 9.17) is 19.2 Å². The molecular formula is C31H45N3O4. The minimum atomic E-state index is -0.280. The van der Waals surface area contributed by atoms with E-state index in [9.17, 15) is 4.79 Å². The molecule has 1 atom stereocenters. The number of aromatic nitrogens is 2. The summed E-state index contributed by atoms with van der Waals surface area (Å²) in [6.07, 6.45) is 13.0. The van der Waals surface area contributed by atoms with Crippen molar-refractivity contribution >= 4 is 16.9 Å². The zero-order valence-electron chi connectivity index (χ0n) is 23.8. The van der Waals surface area contributed by atoms with Crippen molar-refractivity contribution in [3.05, 3.63) is 47.8 Å².